The molecule has 0 fully saturated rings. The minimum atomic E-state index is -4.68. The summed E-state index contributed by atoms with van der Waals surface area (Å²) in [6.45, 7) is 1.69. The van der Waals surface area contributed by atoms with Crippen molar-refractivity contribution in [2.24, 2.45) is 0 Å². The third-order valence-corrected chi connectivity index (χ3v) is 4.30. The average molecular weight is 450 g/mol. The molecule has 4 aromatic heterocycles. The molecule has 0 atom stereocenters. The van der Waals surface area contributed by atoms with E-state index in [2.05, 4.69) is 30.2 Å². The molecule has 0 amide bonds. The van der Waals surface area contributed by atoms with E-state index < -0.39 is 23.6 Å². The van der Waals surface area contributed by atoms with E-state index in [-0.39, 0.29) is 28.8 Å². The molecule has 4 rings (SSSR count). The van der Waals surface area contributed by atoms with Crippen LogP contribution in [0, 0.1) is 6.92 Å². The number of anilines is 2. The number of pyridine rings is 3. The lowest BCUT2D eigenvalue weighted by Crippen LogP contribution is -2.09. The SMILES string of the molecule is Cc1ccc2c(Nc3cc(C(F)(F)F)ccn3)nc(-c3cccc(C(F)(F)F)n3)nc2n1. The van der Waals surface area contributed by atoms with Gasteiger partial charge in [-0.15, -0.1) is 0 Å². The summed E-state index contributed by atoms with van der Waals surface area (Å²) < 4.78 is 78.3. The first-order valence-electron chi connectivity index (χ1n) is 9.01. The maximum absolute atomic E-state index is 13.1. The normalized spacial score (nSPS) is 12.2. The number of aromatic nitrogens is 5. The van der Waals surface area contributed by atoms with E-state index in [4.69, 9.17) is 0 Å². The van der Waals surface area contributed by atoms with Crippen LogP contribution in [0.4, 0.5) is 38.0 Å². The third-order valence-electron chi connectivity index (χ3n) is 4.30. The van der Waals surface area contributed by atoms with Crippen LogP contribution in [0.2, 0.25) is 0 Å². The molecule has 0 aliphatic carbocycles. The molecule has 0 saturated carbocycles. The van der Waals surface area contributed by atoms with Crippen LogP contribution < -0.4 is 5.32 Å². The van der Waals surface area contributed by atoms with Crippen LogP contribution >= 0.6 is 0 Å². The highest BCUT2D eigenvalue weighted by Crippen LogP contribution is 2.32. The van der Waals surface area contributed by atoms with Gasteiger partial charge in [-0.3, -0.25) is 0 Å². The highest BCUT2D eigenvalue weighted by atomic mass is 19.4. The Hall–Kier alpha value is -3.83. The van der Waals surface area contributed by atoms with Gasteiger partial charge >= 0.3 is 12.4 Å². The van der Waals surface area contributed by atoms with Crippen molar-refractivity contribution in [2.45, 2.75) is 19.3 Å². The fourth-order valence-corrected chi connectivity index (χ4v) is 2.83. The van der Waals surface area contributed by atoms with Crippen molar-refractivity contribution in [1.29, 1.82) is 0 Å². The lowest BCUT2D eigenvalue weighted by molar-refractivity contribution is -0.141. The van der Waals surface area contributed by atoms with Crippen LogP contribution in [0.25, 0.3) is 22.6 Å². The van der Waals surface area contributed by atoms with Crippen molar-refractivity contribution in [1.82, 2.24) is 24.9 Å². The van der Waals surface area contributed by atoms with Crippen molar-refractivity contribution in [3.8, 4) is 11.5 Å². The summed E-state index contributed by atoms with van der Waals surface area (Å²) in [6, 6.07) is 8.08. The summed E-state index contributed by atoms with van der Waals surface area (Å²) in [4.78, 5) is 20.1. The fourth-order valence-electron chi connectivity index (χ4n) is 2.83. The van der Waals surface area contributed by atoms with Gasteiger partial charge in [-0.25, -0.2) is 24.9 Å². The van der Waals surface area contributed by atoms with Gasteiger partial charge in [-0.2, -0.15) is 26.3 Å². The average Bonchev–Trinajstić information content (AvgIpc) is 2.72. The minimum absolute atomic E-state index is 0.0172. The predicted molar refractivity (Wildman–Crippen MR) is 103 cm³/mol. The second-order valence-corrected chi connectivity index (χ2v) is 6.68. The van der Waals surface area contributed by atoms with Crippen LogP contribution in [0.1, 0.15) is 17.0 Å². The zero-order valence-corrected chi connectivity index (χ0v) is 16.1. The number of nitrogens with zero attached hydrogens (tertiary/aromatic N) is 5. The number of rotatable bonds is 3. The van der Waals surface area contributed by atoms with Crippen LogP contribution in [0.3, 0.4) is 0 Å². The van der Waals surface area contributed by atoms with E-state index in [1.807, 2.05) is 0 Å². The molecule has 1 N–H and O–H groups in total. The van der Waals surface area contributed by atoms with Crippen LogP contribution in [-0.2, 0) is 12.4 Å². The second-order valence-electron chi connectivity index (χ2n) is 6.68. The third kappa shape index (κ3) is 4.43. The quantitative estimate of drug-likeness (QED) is 0.411. The van der Waals surface area contributed by atoms with Gasteiger partial charge in [-0.1, -0.05) is 6.07 Å². The van der Waals surface area contributed by atoms with E-state index in [1.165, 1.54) is 6.07 Å². The Morgan fingerprint density at radius 2 is 1.59 bits per heavy atom. The van der Waals surface area contributed by atoms with E-state index in [0.29, 0.717) is 11.1 Å². The van der Waals surface area contributed by atoms with Gasteiger partial charge in [-0.05, 0) is 43.3 Å². The molecule has 32 heavy (non-hydrogen) atoms. The van der Waals surface area contributed by atoms with E-state index >= 15 is 0 Å². The summed E-state index contributed by atoms with van der Waals surface area (Å²) >= 11 is 0. The first-order valence-corrected chi connectivity index (χ1v) is 9.01. The van der Waals surface area contributed by atoms with Gasteiger partial charge in [0.15, 0.2) is 11.5 Å². The number of nitrogens with one attached hydrogen (secondary N) is 1. The molecule has 0 bridgehead atoms. The van der Waals surface area contributed by atoms with E-state index in [0.717, 1.165) is 30.5 Å². The summed E-state index contributed by atoms with van der Waals surface area (Å²) in [5, 5.41) is 3.02. The molecule has 0 radical (unpaired) electrons. The van der Waals surface area contributed by atoms with Gasteiger partial charge in [0.25, 0.3) is 0 Å². The van der Waals surface area contributed by atoms with Gasteiger partial charge in [0.2, 0.25) is 0 Å². The fraction of sp³-hybridized carbons (Fsp3) is 0.150. The summed E-state index contributed by atoms with van der Waals surface area (Å²) in [6.07, 6.45) is -8.28. The standard InChI is InChI=1S/C20H12F6N6/c1-10-5-6-12-16(28-10)31-18(13-3-2-4-14(29-13)20(24,25)26)32-17(12)30-15-9-11(7-8-27-15)19(21,22)23/h2-9H,1H3,(H,27,28,30,31,32). The number of hydrogen-bond acceptors (Lipinski definition) is 6. The molecule has 0 aliphatic heterocycles. The Kier molecular flexibility index (Phi) is 5.15. The molecule has 6 nitrogen and oxygen atoms in total. The largest absolute Gasteiger partial charge is 0.433 e. The predicted octanol–water partition coefficient (Wildman–Crippen LogP) is 5.57. The first kappa shape index (κ1) is 21.4. The van der Waals surface area contributed by atoms with Crippen LogP contribution in [0.5, 0.6) is 0 Å². The molecule has 0 unspecified atom stereocenters. The lowest BCUT2D eigenvalue weighted by atomic mass is 10.2. The number of alkyl halides is 6. The Balaban J connectivity index is 1.85. The monoisotopic (exact) mass is 450 g/mol. The van der Waals surface area contributed by atoms with Crippen molar-refractivity contribution in [3.05, 3.63) is 65.6 Å². The molecular weight excluding hydrogens is 438 g/mol. The number of aryl methyl sites for hydroxylation is 1. The smallest absolute Gasteiger partial charge is 0.324 e. The summed E-state index contributed by atoms with van der Waals surface area (Å²) in [7, 11) is 0. The molecule has 0 aromatic carbocycles. The highest BCUT2D eigenvalue weighted by Gasteiger charge is 2.33. The molecule has 0 spiro atoms. The van der Waals surface area contributed by atoms with Crippen molar-refractivity contribution >= 4 is 22.7 Å². The second kappa shape index (κ2) is 7.70. The maximum Gasteiger partial charge on any atom is 0.433 e. The molecule has 164 valence electrons. The molecule has 4 heterocycles. The number of fused-ring (bicyclic) bond motifs is 1. The topological polar surface area (TPSA) is 76.5 Å². The van der Waals surface area contributed by atoms with Gasteiger partial charge in [0, 0.05) is 11.9 Å². The van der Waals surface area contributed by atoms with Crippen LogP contribution in [0.15, 0.2) is 48.7 Å². The van der Waals surface area contributed by atoms with Crippen molar-refractivity contribution in [3.63, 3.8) is 0 Å². The minimum Gasteiger partial charge on any atom is -0.324 e. The molecular formula is C20H12F6N6. The van der Waals surface area contributed by atoms with Gasteiger partial charge < -0.3 is 5.32 Å². The van der Waals surface area contributed by atoms with Crippen molar-refractivity contribution in [2.75, 3.05) is 5.32 Å². The Bertz CT molecular complexity index is 1300. The maximum atomic E-state index is 13.1. The van der Waals surface area contributed by atoms with Crippen molar-refractivity contribution < 1.29 is 26.3 Å². The molecule has 4 aromatic rings. The first-order chi connectivity index (χ1) is 15.0. The Morgan fingerprint density at radius 3 is 2.31 bits per heavy atom. The van der Waals surface area contributed by atoms with Crippen LogP contribution in [-0.4, -0.2) is 24.9 Å². The molecule has 12 heteroatoms. The number of hydrogen-bond donors (Lipinski definition) is 1. The summed E-state index contributed by atoms with van der Waals surface area (Å²) in [5.74, 6) is -0.330. The zero-order chi connectivity index (χ0) is 23.1. The summed E-state index contributed by atoms with van der Waals surface area (Å²) in [5.41, 5.74) is -1.54. The molecule has 0 saturated heterocycles. The van der Waals surface area contributed by atoms with E-state index in [9.17, 15) is 26.3 Å². The molecule has 0 aliphatic rings. The lowest BCUT2D eigenvalue weighted by Gasteiger charge is -2.12. The van der Waals surface area contributed by atoms with Gasteiger partial charge in [0.05, 0.1) is 10.9 Å². The van der Waals surface area contributed by atoms with E-state index in [1.54, 1.807) is 19.1 Å². The highest BCUT2D eigenvalue weighted by molar-refractivity contribution is 5.89. The Labute approximate surface area is 176 Å². The van der Waals surface area contributed by atoms with Gasteiger partial charge in [0.1, 0.15) is 23.0 Å². The number of halogens is 6. The Morgan fingerprint density at radius 1 is 0.812 bits per heavy atom. The zero-order valence-electron chi connectivity index (χ0n) is 16.1.